The molecule has 0 spiro atoms. The van der Waals surface area contributed by atoms with Crippen LogP contribution in [0, 0.1) is 25.2 Å². The number of aryl methyl sites for hydroxylation is 1. The molecule has 0 aromatic carbocycles. The molecule has 1 N–H and O–H groups in total. The van der Waals surface area contributed by atoms with Crippen molar-refractivity contribution in [3.63, 3.8) is 0 Å². The Morgan fingerprint density at radius 3 is 2.72 bits per heavy atom. The van der Waals surface area contributed by atoms with Gasteiger partial charge in [0.1, 0.15) is 11.6 Å². The molecule has 4 heteroatoms. The van der Waals surface area contributed by atoms with Gasteiger partial charge in [-0.15, -0.1) is 0 Å². The quantitative estimate of drug-likeness (QED) is 0.653. The van der Waals surface area contributed by atoms with Crippen molar-refractivity contribution in [3.8, 4) is 6.07 Å². The molecule has 1 heterocycles. The molecular weight excluding hydrogens is 226 g/mol. The normalized spacial score (nSPS) is 11.2. The minimum Gasteiger partial charge on any atom is -0.354 e. The van der Waals surface area contributed by atoms with Gasteiger partial charge in [-0.25, -0.2) is 0 Å². The highest BCUT2D eigenvalue weighted by molar-refractivity contribution is 6.01. The summed E-state index contributed by atoms with van der Waals surface area (Å²) >= 11 is 0. The number of nitrogens with one attached hydrogen (secondary N) is 1. The van der Waals surface area contributed by atoms with Gasteiger partial charge >= 0.3 is 0 Å². The number of likely N-dealkylation sites (N-methyl/N-ethyl adjacent to an activating group) is 1. The van der Waals surface area contributed by atoms with Crippen LogP contribution in [-0.4, -0.2) is 17.5 Å². The van der Waals surface area contributed by atoms with E-state index < -0.39 is 0 Å². The number of amides is 1. The van der Waals surface area contributed by atoms with Gasteiger partial charge in [-0.3, -0.25) is 4.79 Å². The van der Waals surface area contributed by atoms with Crippen molar-refractivity contribution < 1.29 is 4.79 Å². The second-order valence-electron chi connectivity index (χ2n) is 4.23. The fourth-order valence-corrected chi connectivity index (χ4v) is 1.98. The lowest BCUT2D eigenvalue weighted by Crippen LogP contribution is -2.19. The van der Waals surface area contributed by atoms with Gasteiger partial charge in [-0.05, 0) is 38.0 Å². The molecule has 0 fully saturated rings. The second kappa shape index (κ2) is 6.06. The lowest BCUT2D eigenvalue weighted by molar-refractivity contribution is -0.116. The number of rotatable bonds is 4. The van der Waals surface area contributed by atoms with E-state index in [1.165, 1.54) is 7.05 Å². The summed E-state index contributed by atoms with van der Waals surface area (Å²) in [5, 5.41) is 11.4. The van der Waals surface area contributed by atoms with Gasteiger partial charge in [0, 0.05) is 25.0 Å². The summed E-state index contributed by atoms with van der Waals surface area (Å²) in [4.78, 5) is 11.5. The van der Waals surface area contributed by atoms with Crippen LogP contribution in [0.3, 0.4) is 0 Å². The zero-order valence-electron chi connectivity index (χ0n) is 11.4. The Kier molecular flexibility index (Phi) is 4.73. The van der Waals surface area contributed by atoms with Crippen molar-refractivity contribution in [2.45, 2.75) is 33.7 Å². The molecule has 1 aromatic heterocycles. The molecule has 0 saturated carbocycles. The van der Waals surface area contributed by atoms with Crippen molar-refractivity contribution in [3.05, 3.63) is 28.6 Å². The van der Waals surface area contributed by atoms with Crippen molar-refractivity contribution in [1.82, 2.24) is 9.88 Å². The minimum absolute atomic E-state index is 0.134. The molecule has 1 rings (SSSR count). The van der Waals surface area contributed by atoms with E-state index in [9.17, 15) is 4.79 Å². The average Bonchev–Trinajstić information content (AvgIpc) is 2.63. The number of nitrogens with zero attached hydrogens (tertiary/aromatic N) is 2. The third-order valence-electron chi connectivity index (χ3n) is 2.95. The maximum absolute atomic E-state index is 11.5. The Bertz CT molecular complexity index is 518. The van der Waals surface area contributed by atoms with Gasteiger partial charge in [0.2, 0.25) is 0 Å². The summed E-state index contributed by atoms with van der Waals surface area (Å²) in [5.41, 5.74) is 3.30. The standard InChI is InChI=1S/C14H19N3O/c1-5-6-17-10(2)7-12(11(17)3)8-13(9-15)14(18)16-4/h7-8H,5-6H2,1-4H3,(H,16,18). The summed E-state index contributed by atoms with van der Waals surface area (Å²) in [7, 11) is 1.52. The summed E-state index contributed by atoms with van der Waals surface area (Å²) in [6.07, 6.45) is 2.70. The Balaban J connectivity index is 3.19. The zero-order valence-corrected chi connectivity index (χ0v) is 11.4. The molecule has 0 atom stereocenters. The highest BCUT2D eigenvalue weighted by Gasteiger charge is 2.11. The van der Waals surface area contributed by atoms with Crippen LogP contribution >= 0.6 is 0 Å². The van der Waals surface area contributed by atoms with Crippen molar-refractivity contribution >= 4 is 12.0 Å². The molecule has 0 aliphatic carbocycles. The molecule has 0 bridgehead atoms. The molecule has 0 radical (unpaired) electrons. The van der Waals surface area contributed by atoms with E-state index in [2.05, 4.69) is 16.8 Å². The maximum Gasteiger partial charge on any atom is 0.261 e. The van der Waals surface area contributed by atoms with Gasteiger partial charge in [-0.1, -0.05) is 6.92 Å². The third kappa shape index (κ3) is 2.80. The zero-order chi connectivity index (χ0) is 13.7. The predicted octanol–water partition coefficient (Wildman–Crippen LogP) is 2.17. The SMILES string of the molecule is CCCn1c(C)cc(C=C(C#N)C(=O)NC)c1C. The number of carbonyl (C=O) groups excluding carboxylic acids is 1. The molecule has 18 heavy (non-hydrogen) atoms. The second-order valence-corrected chi connectivity index (χ2v) is 4.23. The average molecular weight is 245 g/mol. The molecule has 0 aliphatic heterocycles. The number of nitriles is 1. The summed E-state index contributed by atoms with van der Waals surface area (Å²) < 4.78 is 2.20. The van der Waals surface area contributed by atoms with Crippen molar-refractivity contribution in [1.29, 1.82) is 5.26 Å². The highest BCUT2D eigenvalue weighted by atomic mass is 16.1. The first-order chi connectivity index (χ1) is 8.54. The van der Waals surface area contributed by atoms with Crippen molar-refractivity contribution in [2.24, 2.45) is 0 Å². The fraction of sp³-hybridized carbons (Fsp3) is 0.429. The molecule has 1 aromatic rings. The van der Waals surface area contributed by atoms with E-state index in [-0.39, 0.29) is 11.5 Å². The summed E-state index contributed by atoms with van der Waals surface area (Å²) in [6, 6.07) is 3.93. The van der Waals surface area contributed by atoms with Crippen LogP contribution in [-0.2, 0) is 11.3 Å². The number of carbonyl (C=O) groups is 1. The molecule has 0 saturated heterocycles. The maximum atomic E-state index is 11.5. The lowest BCUT2D eigenvalue weighted by Gasteiger charge is -2.07. The van der Waals surface area contributed by atoms with E-state index in [0.717, 1.165) is 29.9 Å². The number of aromatic nitrogens is 1. The number of hydrogen-bond donors (Lipinski definition) is 1. The molecule has 0 aliphatic rings. The molecule has 96 valence electrons. The topological polar surface area (TPSA) is 57.8 Å². The van der Waals surface area contributed by atoms with E-state index in [1.807, 2.05) is 26.0 Å². The van der Waals surface area contributed by atoms with Crippen LogP contribution in [0.2, 0.25) is 0 Å². The largest absolute Gasteiger partial charge is 0.354 e. The Morgan fingerprint density at radius 2 is 2.22 bits per heavy atom. The lowest BCUT2D eigenvalue weighted by atomic mass is 10.1. The van der Waals surface area contributed by atoms with Gasteiger partial charge in [-0.2, -0.15) is 5.26 Å². The summed E-state index contributed by atoms with van der Waals surface area (Å²) in [6.45, 7) is 7.12. The van der Waals surface area contributed by atoms with Crippen LogP contribution in [0.15, 0.2) is 11.6 Å². The van der Waals surface area contributed by atoms with Gasteiger partial charge in [0.15, 0.2) is 0 Å². The van der Waals surface area contributed by atoms with E-state index in [1.54, 1.807) is 6.08 Å². The molecule has 4 nitrogen and oxygen atoms in total. The minimum atomic E-state index is -0.349. The Labute approximate surface area is 108 Å². The Morgan fingerprint density at radius 1 is 1.56 bits per heavy atom. The smallest absolute Gasteiger partial charge is 0.261 e. The first kappa shape index (κ1) is 14.0. The first-order valence-corrected chi connectivity index (χ1v) is 6.05. The van der Waals surface area contributed by atoms with Crippen LogP contribution in [0.25, 0.3) is 6.08 Å². The highest BCUT2D eigenvalue weighted by Crippen LogP contribution is 2.18. The van der Waals surface area contributed by atoms with Crippen molar-refractivity contribution in [2.75, 3.05) is 7.05 Å². The van der Waals surface area contributed by atoms with Crippen LogP contribution in [0.4, 0.5) is 0 Å². The monoisotopic (exact) mass is 245 g/mol. The van der Waals surface area contributed by atoms with E-state index in [4.69, 9.17) is 5.26 Å². The van der Waals surface area contributed by atoms with E-state index in [0.29, 0.717) is 0 Å². The third-order valence-corrected chi connectivity index (χ3v) is 2.95. The first-order valence-electron chi connectivity index (χ1n) is 6.05. The van der Waals surface area contributed by atoms with Gasteiger partial charge in [0.25, 0.3) is 5.91 Å². The predicted molar refractivity (Wildman–Crippen MR) is 71.9 cm³/mol. The number of hydrogen-bond acceptors (Lipinski definition) is 2. The van der Waals surface area contributed by atoms with Crippen LogP contribution in [0.5, 0.6) is 0 Å². The molecule has 0 unspecified atom stereocenters. The Hall–Kier alpha value is -2.02. The molecule has 1 amide bonds. The van der Waals surface area contributed by atoms with Crippen LogP contribution in [0.1, 0.15) is 30.3 Å². The van der Waals surface area contributed by atoms with E-state index >= 15 is 0 Å². The molecular formula is C14H19N3O. The van der Waals surface area contributed by atoms with Crippen LogP contribution < -0.4 is 5.32 Å². The fourth-order valence-electron chi connectivity index (χ4n) is 1.98. The van der Waals surface area contributed by atoms with Gasteiger partial charge in [0.05, 0.1) is 0 Å². The summed E-state index contributed by atoms with van der Waals surface area (Å²) in [5.74, 6) is -0.349. The van der Waals surface area contributed by atoms with Gasteiger partial charge < -0.3 is 9.88 Å².